The van der Waals surface area contributed by atoms with Crippen molar-refractivity contribution in [2.45, 2.75) is 46.7 Å². The summed E-state index contributed by atoms with van der Waals surface area (Å²) in [6.07, 6.45) is 3.42. The van der Waals surface area contributed by atoms with Crippen molar-refractivity contribution in [1.29, 1.82) is 0 Å². The predicted molar refractivity (Wildman–Crippen MR) is 95.1 cm³/mol. The highest BCUT2D eigenvalue weighted by Crippen LogP contribution is 2.14. The van der Waals surface area contributed by atoms with Gasteiger partial charge in [-0.05, 0) is 42.2 Å². The Hall–Kier alpha value is -2.10. The molecule has 130 valence electrons. The van der Waals surface area contributed by atoms with E-state index in [1.54, 1.807) is 12.1 Å². The molecule has 4 heteroatoms. The zero-order chi connectivity index (χ0) is 17.5. The lowest BCUT2D eigenvalue weighted by molar-refractivity contribution is -0.132. The molecule has 0 saturated heterocycles. The van der Waals surface area contributed by atoms with Crippen molar-refractivity contribution in [3.8, 4) is 0 Å². The largest absolute Gasteiger partial charge is 0.345 e. The minimum atomic E-state index is -0.222. The molecule has 0 atom stereocenters. The highest BCUT2D eigenvalue weighted by atomic mass is 19.1. The van der Waals surface area contributed by atoms with Gasteiger partial charge < -0.3 is 9.47 Å². The summed E-state index contributed by atoms with van der Waals surface area (Å²) in [6.45, 7) is 8.23. The van der Waals surface area contributed by atoms with E-state index >= 15 is 0 Å². The van der Waals surface area contributed by atoms with Crippen LogP contribution in [0.25, 0.3) is 0 Å². The van der Waals surface area contributed by atoms with Gasteiger partial charge in [0.05, 0.1) is 6.54 Å². The van der Waals surface area contributed by atoms with Crippen LogP contribution < -0.4 is 0 Å². The molecule has 0 aliphatic carbocycles. The Bertz CT molecular complexity index is 663. The number of rotatable bonds is 8. The van der Waals surface area contributed by atoms with Crippen LogP contribution in [0.3, 0.4) is 0 Å². The Morgan fingerprint density at radius 3 is 2.71 bits per heavy atom. The third-order valence-electron chi connectivity index (χ3n) is 3.92. The number of carbonyl (C=O) groups is 1. The molecule has 0 N–H and O–H groups in total. The van der Waals surface area contributed by atoms with Crippen molar-refractivity contribution >= 4 is 5.91 Å². The normalized spacial score (nSPS) is 11.0. The van der Waals surface area contributed by atoms with E-state index in [4.69, 9.17) is 0 Å². The average Bonchev–Trinajstić information content (AvgIpc) is 2.93. The summed E-state index contributed by atoms with van der Waals surface area (Å²) in [7, 11) is 0. The summed E-state index contributed by atoms with van der Waals surface area (Å²) >= 11 is 0. The van der Waals surface area contributed by atoms with Gasteiger partial charge in [-0.25, -0.2) is 4.39 Å². The smallest absolute Gasteiger partial charge is 0.222 e. The minimum Gasteiger partial charge on any atom is -0.345 e. The number of halogens is 1. The summed E-state index contributed by atoms with van der Waals surface area (Å²) in [5.41, 5.74) is 1.99. The molecule has 2 aromatic rings. The summed E-state index contributed by atoms with van der Waals surface area (Å²) in [5.74, 6) is 0.405. The summed E-state index contributed by atoms with van der Waals surface area (Å²) in [6, 6.07) is 10.7. The van der Waals surface area contributed by atoms with Crippen LogP contribution in [0.1, 0.15) is 44.9 Å². The van der Waals surface area contributed by atoms with Crippen LogP contribution >= 0.6 is 0 Å². The molecule has 2 rings (SSSR count). The number of aromatic nitrogens is 1. The standard InChI is InChI=1S/C20H27FN2O/c1-4-7-20(24)23(13-16(2)3)15-19-10-6-11-22(19)14-17-8-5-9-18(21)12-17/h5-6,8-12,16H,4,7,13-15H2,1-3H3. The third-order valence-corrected chi connectivity index (χ3v) is 3.92. The second kappa shape index (κ2) is 8.67. The molecule has 0 aliphatic heterocycles. The maximum atomic E-state index is 13.4. The summed E-state index contributed by atoms with van der Waals surface area (Å²) in [4.78, 5) is 14.3. The van der Waals surface area contributed by atoms with Crippen molar-refractivity contribution in [1.82, 2.24) is 9.47 Å². The lowest BCUT2D eigenvalue weighted by atomic mass is 10.1. The van der Waals surface area contributed by atoms with Gasteiger partial charge in [-0.15, -0.1) is 0 Å². The number of carbonyl (C=O) groups excluding carboxylic acids is 1. The number of hydrogen-bond acceptors (Lipinski definition) is 1. The van der Waals surface area contributed by atoms with E-state index in [2.05, 4.69) is 18.4 Å². The van der Waals surface area contributed by atoms with Crippen LogP contribution in [0, 0.1) is 11.7 Å². The number of nitrogens with zero attached hydrogens (tertiary/aromatic N) is 2. The third kappa shape index (κ3) is 5.22. The molecule has 0 radical (unpaired) electrons. The van der Waals surface area contributed by atoms with Crippen molar-refractivity contribution in [3.05, 3.63) is 59.7 Å². The molecular formula is C20H27FN2O. The average molecular weight is 330 g/mol. The lowest BCUT2D eigenvalue weighted by Crippen LogP contribution is -2.34. The summed E-state index contributed by atoms with van der Waals surface area (Å²) < 4.78 is 15.5. The van der Waals surface area contributed by atoms with Gasteiger partial charge in [-0.3, -0.25) is 4.79 Å². The molecule has 1 aromatic carbocycles. The fourth-order valence-corrected chi connectivity index (χ4v) is 2.84. The van der Waals surface area contributed by atoms with E-state index in [0.717, 1.165) is 24.2 Å². The fourth-order valence-electron chi connectivity index (χ4n) is 2.84. The Kier molecular flexibility index (Phi) is 6.59. The Morgan fingerprint density at radius 1 is 1.25 bits per heavy atom. The molecule has 0 aliphatic rings. The highest BCUT2D eigenvalue weighted by Gasteiger charge is 2.16. The molecule has 0 spiro atoms. The zero-order valence-electron chi connectivity index (χ0n) is 14.8. The Labute approximate surface area is 144 Å². The molecule has 0 saturated carbocycles. The summed E-state index contributed by atoms with van der Waals surface area (Å²) in [5, 5.41) is 0. The second-order valence-electron chi connectivity index (χ2n) is 6.68. The zero-order valence-corrected chi connectivity index (χ0v) is 14.8. The van der Waals surface area contributed by atoms with Crippen LogP contribution in [0.5, 0.6) is 0 Å². The van der Waals surface area contributed by atoms with Crippen LogP contribution in [-0.2, 0) is 17.9 Å². The van der Waals surface area contributed by atoms with Gasteiger partial charge >= 0.3 is 0 Å². The van der Waals surface area contributed by atoms with E-state index in [-0.39, 0.29) is 11.7 Å². The van der Waals surface area contributed by atoms with Crippen LogP contribution in [0.4, 0.5) is 4.39 Å². The van der Waals surface area contributed by atoms with Crippen LogP contribution in [-0.4, -0.2) is 21.9 Å². The quantitative estimate of drug-likeness (QED) is 0.701. The van der Waals surface area contributed by atoms with Crippen LogP contribution in [0.2, 0.25) is 0 Å². The monoisotopic (exact) mass is 330 g/mol. The van der Waals surface area contributed by atoms with Crippen LogP contribution in [0.15, 0.2) is 42.6 Å². The Balaban J connectivity index is 2.13. The van der Waals surface area contributed by atoms with Gasteiger partial charge in [0.25, 0.3) is 0 Å². The van der Waals surface area contributed by atoms with Crippen molar-refractivity contribution in [3.63, 3.8) is 0 Å². The molecule has 3 nitrogen and oxygen atoms in total. The molecule has 1 heterocycles. The Morgan fingerprint density at radius 2 is 2.04 bits per heavy atom. The maximum absolute atomic E-state index is 13.4. The van der Waals surface area contributed by atoms with E-state index in [1.165, 1.54) is 6.07 Å². The van der Waals surface area contributed by atoms with Gasteiger partial charge in [-0.1, -0.05) is 32.9 Å². The molecule has 0 fully saturated rings. The van der Waals surface area contributed by atoms with E-state index in [9.17, 15) is 9.18 Å². The van der Waals surface area contributed by atoms with E-state index in [0.29, 0.717) is 25.4 Å². The molecular weight excluding hydrogens is 303 g/mol. The number of hydrogen-bond donors (Lipinski definition) is 0. The van der Waals surface area contributed by atoms with Gasteiger partial charge in [-0.2, -0.15) is 0 Å². The molecule has 1 amide bonds. The van der Waals surface area contributed by atoms with Gasteiger partial charge in [0.2, 0.25) is 5.91 Å². The molecule has 24 heavy (non-hydrogen) atoms. The SMILES string of the molecule is CCCC(=O)N(Cc1cccn1Cc1cccc(F)c1)CC(C)C. The maximum Gasteiger partial charge on any atom is 0.222 e. The van der Waals surface area contributed by atoms with Crippen molar-refractivity contribution in [2.24, 2.45) is 5.92 Å². The van der Waals surface area contributed by atoms with Crippen molar-refractivity contribution < 1.29 is 9.18 Å². The van der Waals surface area contributed by atoms with Gasteiger partial charge in [0.1, 0.15) is 5.82 Å². The first-order chi connectivity index (χ1) is 11.5. The van der Waals surface area contributed by atoms with E-state index < -0.39 is 0 Å². The van der Waals surface area contributed by atoms with Gasteiger partial charge in [0.15, 0.2) is 0 Å². The van der Waals surface area contributed by atoms with Crippen molar-refractivity contribution in [2.75, 3.05) is 6.54 Å². The first-order valence-electron chi connectivity index (χ1n) is 8.65. The highest BCUT2D eigenvalue weighted by molar-refractivity contribution is 5.76. The first-order valence-corrected chi connectivity index (χ1v) is 8.65. The molecule has 0 unspecified atom stereocenters. The molecule has 1 aromatic heterocycles. The minimum absolute atomic E-state index is 0.199. The number of benzene rings is 1. The van der Waals surface area contributed by atoms with Gasteiger partial charge in [0, 0.05) is 31.4 Å². The first kappa shape index (κ1) is 18.2. The lowest BCUT2D eigenvalue weighted by Gasteiger charge is -2.25. The second-order valence-corrected chi connectivity index (χ2v) is 6.68. The fraction of sp³-hybridized carbons (Fsp3) is 0.450. The topological polar surface area (TPSA) is 25.2 Å². The molecule has 0 bridgehead atoms. The number of amides is 1. The van der Waals surface area contributed by atoms with E-state index in [1.807, 2.05) is 36.2 Å². The predicted octanol–water partition coefficient (Wildman–Crippen LogP) is 4.46.